The third-order valence-corrected chi connectivity index (χ3v) is 3.85. The van der Waals surface area contributed by atoms with Crippen molar-refractivity contribution in [2.75, 3.05) is 12.8 Å². The van der Waals surface area contributed by atoms with Crippen molar-refractivity contribution in [1.29, 1.82) is 0 Å². The molecule has 1 heterocycles. The maximum atomic E-state index is 10.1. The highest BCUT2D eigenvalue weighted by Gasteiger charge is 2.00. The van der Waals surface area contributed by atoms with Gasteiger partial charge < -0.3 is 15.2 Å². The van der Waals surface area contributed by atoms with E-state index in [0.29, 0.717) is 5.75 Å². The van der Waals surface area contributed by atoms with Crippen LogP contribution in [0.15, 0.2) is 58.8 Å². The predicted octanol–water partition coefficient (Wildman–Crippen LogP) is 3.40. The Balaban J connectivity index is 0.000000177. The molecule has 3 aromatic rings. The molecule has 124 valence electrons. The van der Waals surface area contributed by atoms with Gasteiger partial charge in [-0.2, -0.15) is 5.10 Å². The van der Waals surface area contributed by atoms with Crippen LogP contribution in [0.25, 0.3) is 11.0 Å². The minimum absolute atomic E-state index is 0.444. The topological polar surface area (TPSA) is 70.1 Å². The van der Waals surface area contributed by atoms with E-state index in [2.05, 4.69) is 39.6 Å². The number of aromatic nitrogens is 2. The molecule has 5 nitrogen and oxygen atoms in total. The van der Waals surface area contributed by atoms with E-state index in [1.54, 1.807) is 13.3 Å². The van der Waals surface area contributed by atoms with Crippen molar-refractivity contribution in [2.45, 2.75) is 12.1 Å². The van der Waals surface area contributed by atoms with Gasteiger partial charge in [0.1, 0.15) is 6.29 Å². The Labute approximate surface area is 145 Å². The number of H-pyrrole nitrogens is 1. The first-order valence-corrected chi connectivity index (χ1v) is 8.49. The number of benzene rings is 2. The van der Waals surface area contributed by atoms with E-state index in [1.165, 1.54) is 17.3 Å². The van der Waals surface area contributed by atoms with Crippen LogP contribution in [0.1, 0.15) is 11.1 Å². The average molecular weight is 340 g/mol. The first-order chi connectivity index (χ1) is 11.7. The second-order valence-corrected chi connectivity index (χ2v) is 5.94. The van der Waals surface area contributed by atoms with Gasteiger partial charge >= 0.3 is 0 Å². The monoisotopic (exact) mass is 340 g/mol. The minimum atomic E-state index is 0.444. The molecule has 0 aliphatic carbocycles. The number of carbonyl (C=O) groups excluding carboxylic acids is 1. The molecule has 0 radical (unpaired) electrons. The summed E-state index contributed by atoms with van der Waals surface area (Å²) in [5, 5.41) is 4.70. The van der Waals surface area contributed by atoms with Crippen LogP contribution < -0.4 is 5.43 Å². The Bertz CT molecular complexity index is 763. The van der Waals surface area contributed by atoms with E-state index >= 15 is 0 Å². The molecule has 24 heavy (non-hydrogen) atoms. The van der Waals surface area contributed by atoms with E-state index < -0.39 is 0 Å². The Kier molecular flexibility index (Phi) is 7.04. The summed E-state index contributed by atoms with van der Waals surface area (Å²) in [4.78, 5) is 17.6. The molecule has 3 rings (SSSR count). The summed E-state index contributed by atoms with van der Waals surface area (Å²) in [6.45, 7) is 2.07. The molecule has 2 N–H and O–H groups in total. The second kappa shape index (κ2) is 9.52. The first kappa shape index (κ1) is 17.7. The number of aldehydes is 1. The Morgan fingerprint density at radius 1 is 1.21 bits per heavy atom. The number of rotatable bonds is 5. The minimum Gasteiger partial charge on any atom is -0.333 e. The van der Waals surface area contributed by atoms with Crippen molar-refractivity contribution in [2.24, 2.45) is 5.10 Å². The molecule has 0 atom stereocenters. The van der Waals surface area contributed by atoms with Gasteiger partial charge in [0.25, 0.3) is 0 Å². The molecule has 0 amide bonds. The molecular weight excluding hydrogens is 320 g/mol. The van der Waals surface area contributed by atoms with Gasteiger partial charge in [0.2, 0.25) is 0 Å². The molecule has 0 bridgehead atoms. The first-order valence-electron chi connectivity index (χ1n) is 7.50. The quantitative estimate of drug-likeness (QED) is 0.323. The third-order valence-electron chi connectivity index (χ3n) is 3.08. The van der Waals surface area contributed by atoms with Crippen molar-refractivity contribution in [3.8, 4) is 0 Å². The Morgan fingerprint density at radius 2 is 1.96 bits per heavy atom. The molecule has 2 aromatic carbocycles. The summed E-state index contributed by atoms with van der Waals surface area (Å²) in [5.41, 5.74) is 7.04. The average Bonchev–Trinajstić information content (AvgIpc) is 3.03. The van der Waals surface area contributed by atoms with Crippen molar-refractivity contribution in [3.63, 3.8) is 0 Å². The van der Waals surface area contributed by atoms with Gasteiger partial charge in [-0.1, -0.05) is 53.7 Å². The normalized spacial score (nSPS) is 10.4. The van der Waals surface area contributed by atoms with E-state index in [9.17, 15) is 4.79 Å². The van der Waals surface area contributed by atoms with Gasteiger partial charge in [0.15, 0.2) is 5.16 Å². The number of hydrogen-bond donors (Lipinski definition) is 2. The standard InChI is InChI=1S/C9H8N2OS.C9H12N2/c12-5-6-13-9-10-7-3-1-2-4-8(7)11-9;1-8-3-5-9(6-4-8)7-11-10-2/h1-5H,6H2,(H,10,11);3-7,10H,1-2H3/b;11-7+. The van der Waals surface area contributed by atoms with Crippen LogP contribution >= 0.6 is 11.8 Å². The van der Waals surface area contributed by atoms with Crippen LogP contribution in [0.4, 0.5) is 0 Å². The number of hydrogen-bond acceptors (Lipinski definition) is 5. The number of para-hydroxylation sites is 2. The van der Waals surface area contributed by atoms with Gasteiger partial charge in [0, 0.05) is 7.05 Å². The second-order valence-electron chi connectivity index (χ2n) is 4.93. The van der Waals surface area contributed by atoms with Crippen molar-refractivity contribution < 1.29 is 4.79 Å². The van der Waals surface area contributed by atoms with E-state index in [-0.39, 0.29) is 0 Å². The molecule has 0 saturated heterocycles. The lowest BCUT2D eigenvalue weighted by molar-refractivity contribution is -0.105. The number of thioether (sulfide) groups is 1. The Morgan fingerprint density at radius 3 is 2.62 bits per heavy atom. The fourth-order valence-electron chi connectivity index (χ4n) is 1.90. The summed E-state index contributed by atoms with van der Waals surface area (Å²) in [7, 11) is 1.78. The number of nitrogens with zero attached hydrogens (tertiary/aromatic N) is 2. The molecular formula is C18H20N4OS. The fourth-order valence-corrected chi connectivity index (χ4v) is 2.47. The summed E-state index contributed by atoms with van der Waals surface area (Å²) in [5.74, 6) is 0.444. The van der Waals surface area contributed by atoms with E-state index in [4.69, 9.17) is 0 Å². The zero-order valence-electron chi connectivity index (χ0n) is 13.7. The lowest BCUT2D eigenvalue weighted by atomic mass is 10.2. The molecule has 6 heteroatoms. The van der Waals surface area contributed by atoms with E-state index in [0.717, 1.165) is 28.0 Å². The predicted molar refractivity (Wildman–Crippen MR) is 101 cm³/mol. The molecule has 0 saturated carbocycles. The number of nitrogens with one attached hydrogen (secondary N) is 2. The number of aromatic amines is 1. The van der Waals surface area contributed by atoms with Crippen LogP contribution in [0, 0.1) is 6.92 Å². The van der Waals surface area contributed by atoms with Crippen LogP contribution in [0.5, 0.6) is 0 Å². The largest absolute Gasteiger partial charge is 0.333 e. The van der Waals surface area contributed by atoms with Gasteiger partial charge in [-0.3, -0.25) is 0 Å². The number of carbonyl (C=O) groups is 1. The number of imidazole rings is 1. The summed E-state index contributed by atoms with van der Waals surface area (Å²) >= 11 is 1.41. The summed E-state index contributed by atoms with van der Waals surface area (Å²) in [6.07, 6.45) is 2.66. The van der Waals surface area contributed by atoms with Gasteiger partial charge in [-0.05, 0) is 24.6 Å². The van der Waals surface area contributed by atoms with Crippen molar-refractivity contribution in [3.05, 3.63) is 59.7 Å². The SMILES string of the molecule is CN/N=C/c1ccc(C)cc1.O=CCSc1nc2ccccc2[nH]1. The Hall–Kier alpha value is -2.60. The van der Waals surface area contributed by atoms with Gasteiger partial charge in [-0.25, -0.2) is 4.98 Å². The van der Waals surface area contributed by atoms with Gasteiger partial charge in [0.05, 0.1) is 23.0 Å². The highest BCUT2D eigenvalue weighted by molar-refractivity contribution is 7.99. The molecule has 0 aliphatic rings. The molecule has 0 unspecified atom stereocenters. The molecule has 1 aromatic heterocycles. The zero-order chi connectivity index (χ0) is 17.2. The highest BCUT2D eigenvalue weighted by Crippen LogP contribution is 2.17. The van der Waals surface area contributed by atoms with Crippen molar-refractivity contribution >= 4 is 35.3 Å². The smallest absolute Gasteiger partial charge is 0.166 e. The number of fused-ring (bicyclic) bond motifs is 1. The van der Waals surface area contributed by atoms with Crippen LogP contribution in [-0.2, 0) is 4.79 Å². The fraction of sp³-hybridized carbons (Fsp3) is 0.167. The maximum Gasteiger partial charge on any atom is 0.166 e. The molecule has 0 aliphatic heterocycles. The number of hydrazone groups is 1. The lowest BCUT2D eigenvalue weighted by Crippen LogP contribution is -1.94. The highest BCUT2D eigenvalue weighted by atomic mass is 32.2. The lowest BCUT2D eigenvalue weighted by Gasteiger charge is -1.93. The van der Waals surface area contributed by atoms with Gasteiger partial charge in [-0.15, -0.1) is 0 Å². The molecule has 0 spiro atoms. The maximum absolute atomic E-state index is 10.1. The van der Waals surface area contributed by atoms with E-state index in [1.807, 2.05) is 36.4 Å². The molecule has 0 fully saturated rings. The van der Waals surface area contributed by atoms with Crippen molar-refractivity contribution in [1.82, 2.24) is 15.4 Å². The zero-order valence-corrected chi connectivity index (χ0v) is 14.5. The number of aryl methyl sites for hydroxylation is 1. The summed E-state index contributed by atoms with van der Waals surface area (Å²) in [6, 6.07) is 16.0. The third kappa shape index (κ3) is 5.55. The van der Waals surface area contributed by atoms with Crippen LogP contribution in [-0.4, -0.2) is 35.3 Å². The summed E-state index contributed by atoms with van der Waals surface area (Å²) < 4.78 is 0. The van der Waals surface area contributed by atoms with Crippen LogP contribution in [0.3, 0.4) is 0 Å². The van der Waals surface area contributed by atoms with Crippen LogP contribution in [0.2, 0.25) is 0 Å².